The normalized spacial score (nSPS) is 10.2. The number of carbonyl (C=O) groups is 2. The summed E-state index contributed by atoms with van der Waals surface area (Å²) < 4.78 is 20.0. The van der Waals surface area contributed by atoms with Gasteiger partial charge in [0, 0.05) is 13.1 Å². The van der Waals surface area contributed by atoms with Gasteiger partial charge in [-0.2, -0.15) is 0 Å². The summed E-state index contributed by atoms with van der Waals surface area (Å²) in [4.78, 5) is 59.4. The Morgan fingerprint density at radius 2 is 1.00 bits per heavy atom. The van der Waals surface area contributed by atoms with E-state index in [1.165, 1.54) is 0 Å². The van der Waals surface area contributed by atoms with Crippen molar-refractivity contribution in [1.82, 2.24) is 10.1 Å². The van der Waals surface area contributed by atoms with Gasteiger partial charge in [-0.05, 0) is 25.2 Å². The zero-order valence-corrected chi connectivity index (χ0v) is 19.0. The van der Waals surface area contributed by atoms with Gasteiger partial charge in [0.25, 0.3) is 0 Å². The first-order chi connectivity index (χ1) is 9.91. The van der Waals surface area contributed by atoms with E-state index in [2.05, 4.69) is 0 Å². The fourth-order valence-electron chi connectivity index (χ4n) is 0.958. The number of carbonyl (C=O) groups excluding carboxylic acids is 2. The van der Waals surface area contributed by atoms with E-state index in [9.17, 15) is 38.3 Å². The van der Waals surface area contributed by atoms with Crippen LogP contribution in [0.15, 0.2) is 0 Å². The molecule has 0 fully saturated rings. The molecule has 0 aliphatic rings. The van der Waals surface area contributed by atoms with E-state index < -0.39 is 27.5 Å². The third-order valence-electron chi connectivity index (χ3n) is 1.88. The molecule has 0 rings (SSSR count). The minimum absolute atomic E-state index is 0. The fraction of sp³-hybridized carbons (Fsp3) is 0.750. The van der Waals surface area contributed by atoms with E-state index in [1.54, 1.807) is 0 Å². The van der Waals surface area contributed by atoms with E-state index in [0.717, 1.165) is 0 Å². The van der Waals surface area contributed by atoms with Gasteiger partial charge in [0.05, 0.1) is 0 Å². The van der Waals surface area contributed by atoms with Gasteiger partial charge in [-0.1, -0.05) is 15.2 Å². The summed E-state index contributed by atoms with van der Waals surface area (Å²) in [6.45, 7) is -0.282. The topological polar surface area (TPSA) is 207 Å². The smallest absolute Gasteiger partial charge is 0.811 e. The Morgan fingerprint density at radius 3 is 1.17 bits per heavy atom. The van der Waals surface area contributed by atoms with Crippen LogP contribution in [0.5, 0.6) is 0 Å². The van der Waals surface area contributed by atoms with Gasteiger partial charge in [0.2, 0.25) is 12.8 Å². The van der Waals surface area contributed by atoms with Crippen molar-refractivity contribution in [2.75, 3.05) is 25.4 Å². The van der Waals surface area contributed by atoms with Gasteiger partial charge in [-0.3, -0.25) is 20.0 Å². The van der Waals surface area contributed by atoms with Crippen LogP contribution < -0.4 is 19.6 Å². The molecule has 0 atom stereocenters. The average molecular weight is 442 g/mol. The van der Waals surface area contributed by atoms with Crippen LogP contribution >= 0.6 is 15.2 Å². The first-order valence-corrected chi connectivity index (χ1v) is 9.20. The van der Waals surface area contributed by atoms with Gasteiger partial charge in [-0.15, -0.1) is 0 Å². The van der Waals surface area contributed by atoms with Gasteiger partial charge in [0.15, 0.2) is 0 Å². The number of hydrogen-bond donors (Lipinski definition) is 2. The maximum atomic E-state index is 9.98. The van der Waals surface area contributed by atoms with Crippen molar-refractivity contribution < 1.29 is 48.7 Å². The molecule has 0 unspecified atom stereocenters. The van der Waals surface area contributed by atoms with Crippen molar-refractivity contribution in [2.45, 2.75) is 12.8 Å². The Kier molecular flexibility index (Phi) is 25.0. The number of hydroxylamine groups is 4. The second-order valence-electron chi connectivity index (χ2n) is 3.91. The Labute approximate surface area is 198 Å². The van der Waals surface area contributed by atoms with E-state index in [1.807, 2.05) is 0 Å². The molecule has 0 spiro atoms. The quantitative estimate of drug-likeness (QED) is 0.109. The number of nitrogens with zero attached hydrogens (tertiary/aromatic N) is 2. The number of amides is 2. The third-order valence-corrected chi connectivity index (χ3v) is 3.61. The molecule has 0 heterocycles. The Bertz CT molecular complexity index is 380. The van der Waals surface area contributed by atoms with Gasteiger partial charge < -0.3 is 28.7 Å². The van der Waals surface area contributed by atoms with E-state index in [0.29, 0.717) is 0 Å². The van der Waals surface area contributed by atoms with Crippen LogP contribution in [-0.2, 0) is 18.7 Å². The molecule has 2 N–H and O–H groups in total. The van der Waals surface area contributed by atoms with Crippen molar-refractivity contribution in [1.29, 1.82) is 0 Å². The first kappa shape index (κ1) is 33.3. The van der Waals surface area contributed by atoms with Crippen LogP contribution in [0.4, 0.5) is 0 Å². The van der Waals surface area contributed by atoms with E-state index in [4.69, 9.17) is 10.4 Å². The van der Waals surface area contributed by atoms with Gasteiger partial charge in [-0.25, -0.2) is 10.1 Å². The predicted molar refractivity (Wildman–Crippen MR) is 74.8 cm³/mol. The Hall–Kier alpha value is 1.68. The molecule has 0 aliphatic heterocycles. The summed E-state index contributed by atoms with van der Waals surface area (Å²) >= 11 is 0. The second-order valence-corrected chi connectivity index (χ2v) is 7.25. The molecule has 24 heavy (non-hydrogen) atoms. The molecule has 0 bridgehead atoms. The molecule has 0 radical (unpaired) electrons. The second kappa shape index (κ2) is 18.1. The summed E-state index contributed by atoms with van der Waals surface area (Å²) in [5, 5.41) is 17.4. The molecule has 0 saturated carbocycles. The minimum atomic E-state index is -4.49. The number of rotatable bonds is 10. The molecule has 2 amide bonds. The van der Waals surface area contributed by atoms with E-state index in [-0.39, 0.29) is 124 Å². The van der Waals surface area contributed by atoms with Crippen LogP contribution in [0.1, 0.15) is 12.8 Å². The summed E-state index contributed by atoms with van der Waals surface area (Å²) in [6, 6.07) is 0. The van der Waals surface area contributed by atoms with Crippen LogP contribution in [0.3, 0.4) is 0 Å². The molecule has 16 heteroatoms. The average Bonchev–Trinajstić information content (AvgIpc) is 2.36. The van der Waals surface area contributed by atoms with Crippen LogP contribution in [0.2, 0.25) is 0 Å². The molecular formula is C8H16Ca2N2O10P2. The van der Waals surface area contributed by atoms with Crippen molar-refractivity contribution >= 4 is 103 Å². The fourth-order valence-corrected chi connectivity index (χ4v) is 2.02. The van der Waals surface area contributed by atoms with Crippen LogP contribution in [-0.4, -0.2) is 134 Å². The Balaban J connectivity index is -0.000000154. The molecule has 0 aromatic heterocycles. The van der Waals surface area contributed by atoms with Crippen LogP contribution in [0, 0.1) is 0 Å². The summed E-state index contributed by atoms with van der Waals surface area (Å²) in [5.41, 5.74) is 0. The summed E-state index contributed by atoms with van der Waals surface area (Å²) in [7, 11) is -8.97. The molecule has 0 saturated heterocycles. The van der Waals surface area contributed by atoms with E-state index >= 15 is 0 Å². The van der Waals surface area contributed by atoms with Crippen LogP contribution in [0.25, 0.3) is 0 Å². The maximum Gasteiger partial charge on any atom is 2.00 e. The Morgan fingerprint density at radius 1 is 0.750 bits per heavy atom. The molecule has 0 aromatic carbocycles. The third kappa shape index (κ3) is 31.4. The largest absolute Gasteiger partial charge is 2.00 e. The zero-order valence-electron chi connectivity index (χ0n) is 12.8. The van der Waals surface area contributed by atoms with Crippen molar-refractivity contribution in [3.8, 4) is 0 Å². The van der Waals surface area contributed by atoms with Crippen molar-refractivity contribution in [2.24, 2.45) is 0 Å². The molecule has 0 aromatic rings. The van der Waals surface area contributed by atoms with Gasteiger partial charge >= 0.3 is 75.5 Å². The van der Waals surface area contributed by atoms with Gasteiger partial charge in [0.1, 0.15) is 0 Å². The summed E-state index contributed by atoms with van der Waals surface area (Å²) in [6.07, 6.45) is -0.893. The maximum absolute atomic E-state index is 9.98. The van der Waals surface area contributed by atoms with Crippen molar-refractivity contribution in [3.05, 3.63) is 0 Å². The summed E-state index contributed by atoms with van der Waals surface area (Å²) in [5.74, 6) is 0. The monoisotopic (exact) mass is 442 g/mol. The molecular weight excluding hydrogens is 426 g/mol. The SMILES string of the molecule is O=CN(O)CCCP(=O)([O-])[O-].O=CN(O)CCCP(=O)([O-])[O-].[Ca+2].[Ca+2]. The molecule has 132 valence electrons. The number of hydrogen-bond acceptors (Lipinski definition) is 10. The molecule has 12 nitrogen and oxygen atoms in total. The standard InChI is InChI=1S/2C4H10NO5P.2Ca/c2*6-4-5(7)2-1-3-11(8,9)10;;/h2*4,7H,1-3H2,(H2,8,9,10);;/q;;2*+2/p-4. The minimum Gasteiger partial charge on any atom is -0.811 e. The van der Waals surface area contributed by atoms with Crippen molar-refractivity contribution in [3.63, 3.8) is 0 Å². The molecule has 0 aliphatic carbocycles. The first-order valence-electron chi connectivity index (χ1n) is 5.75. The zero-order chi connectivity index (χ0) is 17.8. The predicted octanol–water partition coefficient (Wildman–Crippen LogP) is -4.49.